The summed E-state index contributed by atoms with van der Waals surface area (Å²) in [5.41, 5.74) is 1.21. The molecule has 0 radical (unpaired) electrons. The first-order valence-electron chi connectivity index (χ1n) is 7.64. The molecule has 0 aromatic heterocycles. The summed E-state index contributed by atoms with van der Waals surface area (Å²) in [4.78, 5) is 11.0. The molecular weight excluding hydrogens is 420 g/mol. The van der Waals surface area contributed by atoms with E-state index in [1.165, 1.54) is 6.07 Å². The van der Waals surface area contributed by atoms with Gasteiger partial charge in [-0.25, -0.2) is 0 Å². The Morgan fingerprint density at radius 1 is 1.21 bits per heavy atom. The second kappa shape index (κ2) is 6.82. The van der Waals surface area contributed by atoms with Crippen LogP contribution in [0.25, 0.3) is 0 Å². The van der Waals surface area contributed by atoms with E-state index in [0.717, 1.165) is 9.03 Å². The van der Waals surface area contributed by atoms with Crippen molar-refractivity contribution in [1.29, 1.82) is 0 Å². The molecule has 2 aromatic carbocycles. The molecule has 7 heteroatoms. The van der Waals surface area contributed by atoms with Gasteiger partial charge in [-0.2, -0.15) is 0 Å². The summed E-state index contributed by atoms with van der Waals surface area (Å²) in [5, 5.41) is 11.4. The standard InChI is InChI=1S/C17H17BINO4/c1-17(2)11-23-18(12-7-9-13(19)10-8-12)24-16(17)14-5-3-4-6-15(14)20(21)22/h3-10,16H,11H2,1-2H3. The third-order valence-electron chi connectivity index (χ3n) is 4.13. The van der Waals surface area contributed by atoms with Gasteiger partial charge in [0.15, 0.2) is 0 Å². The van der Waals surface area contributed by atoms with Gasteiger partial charge in [0.25, 0.3) is 5.69 Å². The molecule has 0 aliphatic carbocycles. The third kappa shape index (κ3) is 3.48. The van der Waals surface area contributed by atoms with Gasteiger partial charge >= 0.3 is 7.12 Å². The van der Waals surface area contributed by atoms with Gasteiger partial charge in [-0.3, -0.25) is 10.1 Å². The molecule has 0 spiro atoms. The van der Waals surface area contributed by atoms with E-state index in [1.54, 1.807) is 18.2 Å². The summed E-state index contributed by atoms with van der Waals surface area (Å²) in [6, 6.07) is 14.7. The van der Waals surface area contributed by atoms with Crippen molar-refractivity contribution in [2.24, 2.45) is 5.41 Å². The van der Waals surface area contributed by atoms with Crippen LogP contribution in [0.2, 0.25) is 0 Å². The van der Waals surface area contributed by atoms with E-state index in [2.05, 4.69) is 22.6 Å². The Hall–Kier alpha value is -1.45. The highest BCUT2D eigenvalue weighted by atomic mass is 127. The second-order valence-corrected chi connectivity index (χ2v) is 7.76. The minimum atomic E-state index is -0.528. The zero-order chi connectivity index (χ0) is 17.3. The van der Waals surface area contributed by atoms with Gasteiger partial charge in [0, 0.05) is 21.7 Å². The number of nitro groups is 1. The van der Waals surface area contributed by atoms with Crippen LogP contribution >= 0.6 is 22.6 Å². The van der Waals surface area contributed by atoms with Crippen molar-refractivity contribution >= 4 is 40.9 Å². The van der Waals surface area contributed by atoms with E-state index in [4.69, 9.17) is 9.31 Å². The molecule has 24 heavy (non-hydrogen) atoms. The zero-order valence-corrected chi connectivity index (χ0v) is 15.6. The number of rotatable bonds is 3. The van der Waals surface area contributed by atoms with Crippen LogP contribution in [-0.2, 0) is 9.31 Å². The van der Waals surface area contributed by atoms with Gasteiger partial charge in [0.2, 0.25) is 0 Å². The monoisotopic (exact) mass is 437 g/mol. The minimum Gasteiger partial charge on any atom is -0.407 e. The van der Waals surface area contributed by atoms with E-state index in [0.29, 0.717) is 12.2 Å². The molecular formula is C17H17BINO4. The Balaban J connectivity index is 1.96. The molecule has 1 aliphatic rings. The molecule has 0 N–H and O–H groups in total. The highest BCUT2D eigenvalue weighted by Crippen LogP contribution is 2.43. The van der Waals surface area contributed by atoms with Crippen molar-refractivity contribution in [2.45, 2.75) is 20.0 Å². The van der Waals surface area contributed by atoms with Crippen molar-refractivity contribution in [3.63, 3.8) is 0 Å². The normalized spacial score (nSPS) is 20.0. The quantitative estimate of drug-likeness (QED) is 0.318. The fourth-order valence-electron chi connectivity index (χ4n) is 2.88. The molecule has 1 unspecified atom stereocenters. The molecule has 1 heterocycles. The predicted molar refractivity (Wildman–Crippen MR) is 101 cm³/mol. The van der Waals surface area contributed by atoms with E-state index in [9.17, 15) is 10.1 Å². The second-order valence-electron chi connectivity index (χ2n) is 6.52. The fourth-order valence-corrected chi connectivity index (χ4v) is 3.24. The number of nitro benzene ring substituents is 1. The van der Waals surface area contributed by atoms with Crippen LogP contribution in [0.4, 0.5) is 5.69 Å². The van der Waals surface area contributed by atoms with E-state index in [-0.39, 0.29) is 16.0 Å². The average molecular weight is 437 g/mol. The lowest BCUT2D eigenvalue weighted by atomic mass is 9.72. The van der Waals surface area contributed by atoms with Crippen molar-refractivity contribution in [3.8, 4) is 0 Å². The van der Waals surface area contributed by atoms with Crippen molar-refractivity contribution in [3.05, 3.63) is 67.8 Å². The van der Waals surface area contributed by atoms with Crippen LogP contribution in [0, 0.1) is 19.1 Å². The van der Waals surface area contributed by atoms with Crippen molar-refractivity contribution < 1.29 is 14.2 Å². The number of hydrogen-bond donors (Lipinski definition) is 0. The Labute approximate surface area is 154 Å². The van der Waals surface area contributed by atoms with Gasteiger partial charge in [-0.05, 0) is 46.3 Å². The number of benzene rings is 2. The molecule has 1 fully saturated rings. The maximum absolute atomic E-state index is 11.4. The van der Waals surface area contributed by atoms with Gasteiger partial charge < -0.3 is 9.31 Å². The lowest BCUT2D eigenvalue weighted by Crippen LogP contribution is -2.49. The summed E-state index contributed by atoms with van der Waals surface area (Å²) in [7, 11) is -0.528. The Kier molecular flexibility index (Phi) is 4.94. The minimum absolute atomic E-state index is 0.0823. The van der Waals surface area contributed by atoms with Crippen molar-refractivity contribution in [1.82, 2.24) is 0 Å². The molecule has 0 amide bonds. The Bertz CT molecular complexity index is 751. The van der Waals surface area contributed by atoms with Gasteiger partial charge in [0.1, 0.15) is 0 Å². The first-order chi connectivity index (χ1) is 11.4. The van der Waals surface area contributed by atoms with Gasteiger partial charge in [0.05, 0.1) is 16.6 Å². The van der Waals surface area contributed by atoms with E-state index < -0.39 is 13.2 Å². The molecule has 0 saturated carbocycles. The molecule has 1 saturated heterocycles. The maximum atomic E-state index is 11.4. The molecule has 0 bridgehead atoms. The predicted octanol–water partition coefficient (Wildman–Crippen LogP) is 3.71. The van der Waals surface area contributed by atoms with Crippen LogP contribution < -0.4 is 5.46 Å². The summed E-state index contributed by atoms with van der Waals surface area (Å²) in [6.07, 6.45) is -0.419. The molecule has 1 atom stereocenters. The largest absolute Gasteiger partial charge is 0.494 e. The maximum Gasteiger partial charge on any atom is 0.494 e. The fraction of sp³-hybridized carbons (Fsp3) is 0.294. The average Bonchev–Trinajstić information content (AvgIpc) is 2.55. The van der Waals surface area contributed by atoms with Crippen LogP contribution in [0.1, 0.15) is 25.5 Å². The number of nitrogens with zero attached hydrogens (tertiary/aromatic N) is 1. The summed E-state index contributed by atoms with van der Waals surface area (Å²) in [5.74, 6) is 0. The Morgan fingerprint density at radius 2 is 1.88 bits per heavy atom. The Morgan fingerprint density at radius 3 is 2.54 bits per heavy atom. The first-order valence-corrected chi connectivity index (χ1v) is 8.72. The lowest BCUT2D eigenvalue weighted by molar-refractivity contribution is -0.386. The smallest absolute Gasteiger partial charge is 0.407 e. The van der Waals surface area contributed by atoms with Crippen LogP contribution in [0.15, 0.2) is 48.5 Å². The van der Waals surface area contributed by atoms with Gasteiger partial charge in [-0.15, -0.1) is 0 Å². The first kappa shape index (κ1) is 17.4. The number of hydrogen-bond acceptors (Lipinski definition) is 4. The molecule has 5 nitrogen and oxygen atoms in total. The lowest BCUT2D eigenvalue weighted by Gasteiger charge is -2.41. The highest BCUT2D eigenvalue weighted by Gasteiger charge is 2.44. The molecule has 3 rings (SSSR count). The SMILES string of the molecule is CC1(C)COB(c2ccc(I)cc2)OC1c1ccccc1[N+](=O)[O-]. The van der Waals surface area contributed by atoms with E-state index in [1.807, 2.05) is 38.1 Å². The molecule has 1 aliphatic heterocycles. The zero-order valence-electron chi connectivity index (χ0n) is 13.4. The number of halogens is 1. The highest BCUT2D eigenvalue weighted by molar-refractivity contribution is 14.1. The molecule has 124 valence electrons. The summed E-state index contributed by atoms with van der Waals surface area (Å²) >= 11 is 2.24. The molecule has 2 aromatic rings. The summed E-state index contributed by atoms with van der Waals surface area (Å²) in [6.45, 7) is 4.46. The third-order valence-corrected chi connectivity index (χ3v) is 4.85. The van der Waals surface area contributed by atoms with Crippen molar-refractivity contribution in [2.75, 3.05) is 6.61 Å². The van der Waals surface area contributed by atoms with Crippen LogP contribution in [0.3, 0.4) is 0 Å². The van der Waals surface area contributed by atoms with E-state index >= 15 is 0 Å². The number of para-hydroxylation sites is 1. The van der Waals surface area contributed by atoms with Gasteiger partial charge in [-0.1, -0.05) is 38.1 Å². The summed E-state index contributed by atoms with van der Waals surface area (Å²) < 4.78 is 13.2. The van der Waals surface area contributed by atoms with Crippen LogP contribution in [0.5, 0.6) is 0 Å². The topological polar surface area (TPSA) is 61.6 Å². The van der Waals surface area contributed by atoms with Crippen LogP contribution in [-0.4, -0.2) is 18.6 Å².